The Kier molecular flexibility index (Phi) is 13.8. The molecule has 4 unspecified atom stereocenters. The highest BCUT2D eigenvalue weighted by Crippen LogP contribution is 2.12. The minimum Gasteiger partial charge on any atom is -0.508 e. The first kappa shape index (κ1) is 32.3. The number of hydrogen-bond acceptors (Lipinski definition) is 8. The number of carbonyl (C=O) groups excluding carboxylic acids is 4. The van der Waals surface area contributed by atoms with Gasteiger partial charge in [0.2, 0.25) is 23.6 Å². The lowest BCUT2D eigenvalue weighted by Crippen LogP contribution is -2.58. The molecule has 212 valence electrons. The van der Waals surface area contributed by atoms with Crippen LogP contribution in [0.1, 0.15) is 51.5 Å². The normalized spacial score (nSPS) is 14.1. The predicted octanol–water partition coefficient (Wildman–Crippen LogP) is -1.15. The van der Waals surface area contributed by atoms with Crippen molar-refractivity contribution in [3.63, 3.8) is 0 Å². The van der Waals surface area contributed by atoms with Gasteiger partial charge in [-0.25, -0.2) is 4.79 Å². The van der Waals surface area contributed by atoms with Crippen LogP contribution < -0.4 is 33.2 Å². The van der Waals surface area contributed by atoms with Gasteiger partial charge in [-0.2, -0.15) is 0 Å². The average Bonchev–Trinajstić information content (AvgIpc) is 2.84. The van der Waals surface area contributed by atoms with Crippen molar-refractivity contribution >= 4 is 29.6 Å². The minimum atomic E-state index is -1.37. The van der Waals surface area contributed by atoms with Gasteiger partial charge in [-0.3, -0.25) is 19.2 Å². The number of phenolic OH excluding ortho intramolecular Hbond substituents is 1. The van der Waals surface area contributed by atoms with Gasteiger partial charge in [-0.05, 0) is 62.3 Å². The highest BCUT2D eigenvalue weighted by Gasteiger charge is 2.32. The van der Waals surface area contributed by atoms with Crippen molar-refractivity contribution in [2.45, 2.75) is 76.5 Å². The van der Waals surface area contributed by atoms with Crippen LogP contribution in [0.4, 0.5) is 0 Å². The standard InChI is InChI=1S/C25H40N6O7/c1-14(2)21(24(36)30-19(25(37)38)10-11-20(28)33)31-23(35)18(5-3-4-12-26)29-22(34)17(27)13-15-6-8-16(32)9-7-15/h6-9,14,17-19,21,32H,3-5,10-13,26-27H2,1-2H3,(H2,28,33)(H,29,34)(H,30,36)(H,31,35)(H,37,38). The summed E-state index contributed by atoms with van der Waals surface area (Å²) >= 11 is 0. The summed E-state index contributed by atoms with van der Waals surface area (Å²) in [6, 6.07) is 1.74. The first-order chi connectivity index (χ1) is 17.8. The number of carboxylic acid groups (broad SMARTS) is 1. The van der Waals surface area contributed by atoms with Gasteiger partial charge in [0.15, 0.2) is 0 Å². The first-order valence-corrected chi connectivity index (χ1v) is 12.5. The lowest BCUT2D eigenvalue weighted by molar-refractivity contribution is -0.143. The molecule has 38 heavy (non-hydrogen) atoms. The zero-order chi connectivity index (χ0) is 28.8. The van der Waals surface area contributed by atoms with E-state index in [2.05, 4.69) is 16.0 Å². The maximum absolute atomic E-state index is 13.2. The van der Waals surface area contributed by atoms with E-state index in [4.69, 9.17) is 17.2 Å². The van der Waals surface area contributed by atoms with Crippen LogP contribution in [0.25, 0.3) is 0 Å². The van der Waals surface area contributed by atoms with Crippen molar-refractivity contribution in [2.24, 2.45) is 23.1 Å². The number of nitrogens with two attached hydrogens (primary N) is 3. The number of benzene rings is 1. The maximum Gasteiger partial charge on any atom is 0.326 e. The summed E-state index contributed by atoms with van der Waals surface area (Å²) < 4.78 is 0. The van der Waals surface area contributed by atoms with Crippen molar-refractivity contribution in [3.8, 4) is 5.75 Å². The van der Waals surface area contributed by atoms with E-state index in [0.29, 0.717) is 19.4 Å². The van der Waals surface area contributed by atoms with E-state index in [9.17, 15) is 34.2 Å². The molecule has 0 fully saturated rings. The van der Waals surface area contributed by atoms with Crippen LogP contribution in [0, 0.1) is 5.92 Å². The van der Waals surface area contributed by atoms with Gasteiger partial charge in [0.25, 0.3) is 0 Å². The fraction of sp³-hybridized carbons (Fsp3) is 0.560. The van der Waals surface area contributed by atoms with Crippen LogP contribution in [0.5, 0.6) is 5.75 Å². The third kappa shape index (κ3) is 11.6. The average molecular weight is 537 g/mol. The van der Waals surface area contributed by atoms with Gasteiger partial charge in [-0.1, -0.05) is 26.0 Å². The second-order valence-corrected chi connectivity index (χ2v) is 9.46. The molecule has 0 aromatic heterocycles. The summed E-state index contributed by atoms with van der Waals surface area (Å²) in [5.41, 5.74) is 17.4. The van der Waals surface area contributed by atoms with Crippen LogP contribution in [0.3, 0.4) is 0 Å². The molecule has 0 aliphatic heterocycles. The molecule has 4 amide bonds. The number of aromatic hydroxyl groups is 1. The maximum atomic E-state index is 13.2. The molecule has 0 bridgehead atoms. The Hall–Kier alpha value is -3.71. The fourth-order valence-electron chi connectivity index (χ4n) is 3.61. The molecule has 0 saturated heterocycles. The molecule has 0 spiro atoms. The fourth-order valence-corrected chi connectivity index (χ4v) is 3.61. The van der Waals surface area contributed by atoms with Gasteiger partial charge < -0.3 is 43.4 Å². The van der Waals surface area contributed by atoms with Crippen LogP contribution >= 0.6 is 0 Å². The van der Waals surface area contributed by atoms with Gasteiger partial charge >= 0.3 is 5.97 Å². The molecule has 0 saturated carbocycles. The number of carboxylic acids is 1. The molecule has 1 aromatic rings. The molecular formula is C25H40N6O7. The lowest BCUT2D eigenvalue weighted by atomic mass is 10.0. The molecule has 0 aliphatic rings. The number of phenols is 1. The highest BCUT2D eigenvalue weighted by atomic mass is 16.4. The molecule has 13 heteroatoms. The van der Waals surface area contributed by atoms with Gasteiger partial charge in [0, 0.05) is 6.42 Å². The third-order valence-electron chi connectivity index (χ3n) is 5.85. The van der Waals surface area contributed by atoms with E-state index in [-0.39, 0.29) is 31.4 Å². The van der Waals surface area contributed by atoms with E-state index in [1.807, 2.05) is 0 Å². The van der Waals surface area contributed by atoms with E-state index in [1.54, 1.807) is 26.0 Å². The van der Waals surface area contributed by atoms with Crippen molar-refractivity contribution in [1.82, 2.24) is 16.0 Å². The number of aliphatic carboxylic acids is 1. The number of hydrogen-bond donors (Lipinski definition) is 8. The van der Waals surface area contributed by atoms with E-state index in [1.165, 1.54) is 12.1 Å². The van der Waals surface area contributed by atoms with Crippen LogP contribution in [0.15, 0.2) is 24.3 Å². The molecule has 13 nitrogen and oxygen atoms in total. The van der Waals surface area contributed by atoms with Gasteiger partial charge in [0.1, 0.15) is 23.9 Å². The number of unbranched alkanes of at least 4 members (excludes halogenated alkanes) is 1. The summed E-state index contributed by atoms with van der Waals surface area (Å²) in [5.74, 6) is -4.36. The summed E-state index contributed by atoms with van der Waals surface area (Å²) in [4.78, 5) is 61.4. The van der Waals surface area contributed by atoms with Crippen molar-refractivity contribution in [1.29, 1.82) is 0 Å². The number of nitrogens with one attached hydrogen (secondary N) is 3. The Morgan fingerprint density at radius 2 is 1.47 bits per heavy atom. The Balaban J connectivity index is 2.93. The van der Waals surface area contributed by atoms with E-state index >= 15 is 0 Å². The molecule has 1 aromatic carbocycles. The Bertz CT molecular complexity index is 954. The summed E-state index contributed by atoms with van der Waals surface area (Å²) in [6.07, 6.45) is 1.09. The number of carbonyl (C=O) groups is 5. The summed E-state index contributed by atoms with van der Waals surface area (Å²) in [5, 5.41) is 26.4. The monoisotopic (exact) mass is 536 g/mol. The van der Waals surface area contributed by atoms with E-state index < -0.39 is 59.7 Å². The first-order valence-electron chi connectivity index (χ1n) is 12.5. The van der Waals surface area contributed by atoms with Gasteiger partial charge in [0.05, 0.1) is 6.04 Å². The topological polar surface area (TPSA) is 240 Å². The van der Waals surface area contributed by atoms with Crippen molar-refractivity contribution < 1.29 is 34.2 Å². The minimum absolute atomic E-state index is 0.0784. The second-order valence-electron chi connectivity index (χ2n) is 9.46. The van der Waals surface area contributed by atoms with E-state index in [0.717, 1.165) is 5.56 Å². The second kappa shape index (κ2) is 16.2. The number of rotatable bonds is 17. The Morgan fingerprint density at radius 3 is 2.00 bits per heavy atom. The molecule has 11 N–H and O–H groups in total. The van der Waals surface area contributed by atoms with Crippen molar-refractivity contribution in [3.05, 3.63) is 29.8 Å². The molecule has 1 rings (SSSR count). The third-order valence-corrected chi connectivity index (χ3v) is 5.85. The number of amides is 4. The predicted molar refractivity (Wildman–Crippen MR) is 139 cm³/mol. The SMILES string of the molecule is CC(C)C(NC(=O)C(CCCCN)NC(=O)C(N)Cc1ccc(O)cc1)C(=O)NC(CCC(N)=O)C(=O)O. The molecule has 0 heterocycles. The quantitative estimate of drug-likeness (QED) is 0.112. The molecular weight excluding hydrogens is 496 g/mol. The summed E-state index contributed by atoms with van der Waals surface area (Å²) in [6.45, 7) is 3.72. The smallest absolute Gasteiger partial charge is 0.326 e. The molecule has 4 atom stereocenters. The summed E-state index contributed by atoms with van der Waals surface area (Å²) in [7, 11) is 0. The highest BCUT2D eigenvalue weighted by molar-refractivity contribution is 5.94. The Labute approximate surface area is 221 Å². The van der Waals surface area contributed by atoms with Crippen molar-refractivity contribution in [2.75, 3.05) is 6.54 Å². The van der Waals surface area contributed by atoms with Crippen LogP contribution in [0.2, 0.25) is 0 Å². The largest absolute Gasteiger partial charge is 0.508 e. The zero-order valence-corrected chi connectivity index (χ0v) is 21.8. The Morgan fingerprint density at radius 1 is 0.868 bits per heavy atom. The zero-order valence-electron chi connectivity index (χ0n) is 21.8. The lowest BCUT2D eigenvalue weighted by Gasteiger charge is -2.27. The van der Waals surface area contributed by atoms with Crippen LogP contribution in [-0.4, -0.2) is 70.5 Å². The van der Waals surface area contributed by atoms with Gasteiger partial charge in [-0.15, -0.1) is 0 Å². The molecule has 0 radical (unpaired) electrons. The van der Waals surface area contributed by atoms with Crippen LogP contribution in [-0.2, 0) is 30.4 Å². The number of primary amides is 1. The molecule has 0 aliphatic carbocycles.